The van der Waals surface area contributed by atoms with E-state index < -0.39 is 15.8 Å². The van der Waals surface area contributed by atoms with Crippen molar-refractivity contribution in [2.45, 2.75) is 17.7 Å². The number of ether oxygens (including phenoxy) is 2. The van der Waals surface area contributed by atoms with Gasteiger partial charge in [-0.05, 0) is 48.4 Å². The minimum absolute atomic E-state index is 0.0337. The van der Waals surface area contributed by atoms with E-state index in [1.165, 1.54) is 12.1 Å². The van der Waals surface area contributed by atoms with E-state index in [1.54, 1.807) is 31.4 Å². The second kappa shape index (κ2) is 11.5. The summed E-state index contributed by atoms with van der Waals surface area (Å²) in [4.78, 5) is 11.9. The monoisotopic (exact) mass is 424 g/mol. The van der Waals surface area contributed by atoms with Crippen molar-refractivity contribution in [3.05, 3.63) is 59.9 Å². The van der Waals surface area contributed by atoms with Gasteiger partial charge >= 0.3 is 0 Å². The maximum absolute atomic E-state index is 13.0. The smallest absolute Gasteiger partial charge is 0.261 e. The zero-order valence-corrected chi connectivity index (χ0v) is 17.0. The minimum atomic E-state index is -3.81. The predicted octanol–water partition coefficient (Wildman–Crippen LogP) is 2.34. The fraction of sp³-hybridized carbons (Fsp3) is 0.350. The Labute approximate surface area is 170 Å². The highest BCUT2D eigenvalue weighted by Crippen LogP contribution is 2.17. The number of methoxy groups -OCH3 is 1. The number of anilines is 1. The molecule has 0 aliphatic heterocycles. The van der Waals surface area contributed by atoms with Crippen LogP contribution in [0.4, 0.5) is 10.1 Å². The summed E-state index contributed by atoms with van der Waals surface area (Å²) in [6.07, 6.45) is 0.898. The highest BCUT2D eigenvalue weighted by Gasteiger charge is 2.14. The number of amides is 1. The van der Waals surface area contributed by atoms with Gasteiger partial charge in [-0.3, -0.25) is 9.52 Å². The van der Waals surface area contributed by atoms with Gasteiger partial charge in [0.25, 0.3) is 10.0 Å². The second-order valence-electron chi connectivity index (χ2n) is 6.24. The molecule has 0 unspecified atom stereocenters. The first kappa shape index (κ1) is 22.8. The van der Waals surface area contributed by atoms with Crippen LogP contribution in [-0.2, 0) is 30.7 Å². The summed E-state index contributed by atoms with van der Waals surface area (Å²) < 4.78 is 50.1. The predicted molar refractivity (Wildman–Crippen MR) is 108 cm³/mol. The number of carbonyl (C=O) groups is 1. The lowest BCUT2D eigenvalue weighted by Gasteiger charge is -2.09. The van der Waals surface area contributed by atoms with E-state index in [0.29, 0.717) is 38.5 Å². The van der Waals surface area contributed by atoms with Crippen molar-refractivity contribution in [2.75, 3.05) is 38.2 Å². The maximum Gasteiger partial charge on any atom is 0.261 e. The maximum atomic E-state index is 13.0. The van der Waals surface area contributed by atoms with Crippen LogP contribution in [0.1, 0.15) is 12.0 Å². The Kier molecular flexibility index (Phi) is 9.04. The summed E-state index contributed by atoms with van der Waals surface area (Å²) >= 11 is 0. The quantitative estimate of drug-likeness (QED) is 0.510. The Morgan fingerprint density at radius 2 is 1.69 bits per heavy atom. The molecule has 2 rings (SSSR count). The van der Waals surface area contributed by atoms with Crippen molar-refractivity contribution in [2.24, 2.45) is 0 Å². The van der Waals surface area contributed by atoms with Crippen LogP contribution >= 0.6 is 0 Å². The molecular weight excluding hydrogens is 399 g/mol. The fourth-order valence-electron chi connectivity index (χ4n) is 2.41. The van der Waals surface area contributed by atoms with Gasteiger partial charge < -0.3 is 14.8 Å². The van der Waals surface area contributed by atoms with Gasteiger partial charge in [0.1, 0.15) is 5.82 Å². The van der Waals surface area contributed by atoms with Crippen LogP contribution in [0.15, 0.2) is 53.4 Å². The molecule has 0 aromatic heterocycles. The molecule has 158 valence electrons. The lowest BCUT2D eigenvalue weighted by Crippen LogP contribution is -2.27. The number of hydrogen-bond acceptors (Lipinski definition) is 5. The average Bonchev–Trinajstić information content (AvgIpc) is 2.69. The van der Waals surface area contributed by atoms with Crippen molar-refractivity contribution >= 4 is 21.6 Å². The van der Waals surface area contributed by atoms with E-state index >= 15 is 0 Å². The normalized spacial score (nSPS) is 11.2. The Morgan fingerprint density at radius 3 is 2.34 bits per heavy atom. The topological polar surface area (TPSA) is 93.7 Å². The minimum Gasteiger partial charge on any atom is -0.382 e. The Balaban J connectivity index is 1.78. The molecule has 0 fully saturated rings. The van der Waals surface area contributed by atoms with Crippen LogP contribution in [0.2, 0.25) is 0 Å². The molecule has 0 bridgehead atoms. The lowest BCUT2D eigenvalue weighted by molar-refractivity contribution is -0.120. The van der Waals surface area contributed by atoms with Gasteiger partial charge in [0.2, 0.25) is 5.91 Å². The molecule has 1 amide bonds. The van der Waals surface area contributed by atoms with Crippen molar-refractivity contribution < 1.29 is 27.1 Å². The van der Waals surface area contributed by atoms with Gasteiger partial charge in [-0.25, -0.2) is 12.8 Å². The molecule has 0 aliphatic rings. The first-order chi connectivity index (χ1) is 13.9. The number of halogens is 1. The van der Waals surface area contributed by atoms with Crippen LogP contribution in [0, 0.1) is 5.82 Å². The number of benzene rings is 2. The number of hydrogen-bond donors (Lipinski definition) is 2. The Hall–Kier alpha value is -2.49. The van der Waals surface area contributed by atoms with Gasteiger partial charge in [-0.1, -0.05) is 12.1 Å². The van der Waals surface area contributed by atoms with Crippen LogP contribution in [0.5, 0.6) is 0 Å². The van der Waals surface area contributed by atoms with E-state index in [2.05, 4.69) is 10.0 Å². The van der Waals surface area contributed by atoms with Gasteiger partial charge in [0.05, 0.1) is 24.5 Å². The summed E-state index contributed by atoms with van der Waals surface area (Å²) in [5.41, 5.74) is 1.11. The molecule has 2 aromatic rings. The number of carbonyl (C=O) groups excluding carboxylic acids is 1. The third-order valence-electron chi connectivity index (χ3n) is 3.91. The fourth-order valence-corrected chi connectivity index (χ4v) is 3.47. The van der Waals surface area contributed by atoms with Crippen molar-refractivity contribution in [1.29, 1.82) is 0 Å². The SMILES string of the molecule is COCCOCCCNC(=O)Cc1ccc(NS(=O)(=O)c2ccc(F)cc2)cc1. The summed E-state index contributed by atoms with van der Waals surface area (Å²) in [6, 6.07) is 11.1. The molecule has 0 saturated carbocycles. The molecule has 2 aromatic carbocycles. The summed E-state index contributed by atoms with van der Waals surface area (Å²) in [7, 11) is -2.20. The van der Waals surface area contributed by atoms with Crippen LogP contribution < -0.4 is 10.0 Å². The number of nitrogens with one attached hydrogen (secondary N) is 2. The highest BCUT2D eigenvalue weighted by molar-refractivity contribution is 7.92. The Morgan fingerprint density at radius 1 is 1.00 bits per heavy atom. The lowest BCUT2D eigenvalue weighted by atomic mass is 10.1. The average molecular weight is 424 g/mol. The van der Waals surface area contributed by atoms with E-state index in [0.717, 1.165) is 17.7 Å². The molecule has 9 heteroatoms. The van der Waals surface area contributed by atoms with Crippen LogP contribution in [0.3, 0.4) is 0 Å². The molecule has 0 heterocycles. The first-order valence-electron chi connectivity index (χ1n) is 9.11. The third-order valence-corrected chi connectivity index (χ3v) is 5.31. The molecule has 0 radical (unpaired) electrons. The number of rotatable bonds is 12. The molecule has 7 nitrogen and oxygen atoms in total. The van der Waals surface area contributed by atoms with E-state index in [4.69, 9.17) is 9.47 Å². The standard InChI is InChI=1S/C20H25FN2O5S/c1-27-13-14-28-12-2-11-22-20(24)15-16-3-7-18(8-4-16)23-29(25,26)19-9-5-17(21)6-10-19/h3-10,23H,2,11-15H2,1H3,(H,22,24). The van der Waals surface area contributed by atoms with Crippen LogP contribution in [-0.4, -0.2) is 47.8 Å². The zero-order chi connectivity index (χ0) is 21.1. The summed E-state index contributed by atoms with van der Waals surface area (Å²) in [6.45, 7) is 2.14. The first-order valence-corrected chi connectivity index (χ1v) is 10.6. The summed E-state index contributed by atoms with van der Waals surface area (Å²) in [5.74, 6) is -0.633. The molecule has 2 N–H and O–H groups in total. The second-order valence-corrected chi connectivity index (χ2v) is 7.92. The van der Waals surface area contributed by atoms with E-state index in [-0.39, 0.29) is 17.2 Å². The molecule has 29 heavy (non-hydrogen) atoms. The summed E-state index contributed by atoms with van der Waals surface area (Å²) in [5, 5.41) is 2.81. The molecular formula is C20H25FN2O5S. The van der Waals surface area contributed by atoms with Gasteiger partial charge in [0.15, 0.2) is 0 Å². The molecule has 0 spiro atoms. The van der Waals surface area contributed by atoms with Gasteiger partial charge in [-0.2, -0.15) is 0 Å². The molecule has 0 atom stereocenters. The van der Waals surface area contributed by atoms with Crippen molar-refractivity contribution in [1.82, 2.24) is 5.32 Å². The van der Waals surface area contributed by atoms with Crippen molar-refractivity contribution in [3.8, 4) is 0 Å². The van der Waals surface area contributed by atoms with E-state index in [9.17, 15) is 17.6 Å². The zero-order valence-electron chi connectivity index (χ0n) is 16.2. The molecule has 0 saturated heterocycles. The van der Waals surface area contributed by atoms with Gasteiger partial charge in [0, 0.05) is 25.9 Å². The highest BCUT2D eigenvalue weighted by atomic mass is 32.2. The molecule has 0 aliphatic carbocycles. The number of sulfonamides is 1. The van der Waals surface area contributed by atoms with E-state index in [1.807, 2.05) is 0 Å². The Bertz CT molecular complexity index is 871. The van der Waals surface area contributed by atoms with Crippen LogP contribution in [0.25, 0.3) is 0 Å². The van der Waals surface area contributed by atoms with Crippen molar-refractivity contribution in [3.63, 3.8) is 0 Å². The third kappa shape index (κ3) is 8.18. The largest absolute Gasteiger partial charge is 0.382 e. The van der Waals surface area contributed by atoms with Gasteiger partial charge in [-0.15, -0.1) is 0 Å².